The highest BCUT2D eigenvalue weighted by atomic mass is 32.2. The van der Waals surface area contributed by atoms with Crippen molar-refractivity contribution < 1.29 is 26.4 Å². The Morgan fingerprint density at radius 1 is 0.971 bits per heavy atom. The zero-order valence-electron chi connectivity index (χ0n) is 20.3. The minimum atomic E-state index is -3.56. The molecule has 9 nitrogen and oxygen atoms in total. The summed E-state index contributed by atoms with van der Waals surface area (Å²) < 4.78 is 57.7. The fraction of sp³-hybridized carbons (Fsp3) is 0.458. The van der Waals surface area contributed by atoms with Crippen LogP contribution in [0.15, 0.2) is 53.4 Å². The quantitative estimate of drug-likeness (QED) is 0.539. The van der Waals surface area contributed by atoms with E-state index < -0.39 is 26.2 Å². The second kappa shape index (κ2) is 11.4. The largest absolute Gasteiger partial charge is 0.481 e. The topological polar surface area (TPSA) is 113 Å². The summed E-state index contributed by atoms with van der Waals surface area (Å²) in [6.45, 7) is 2.87. The Hall–Kier alpha value is -2.63. The van der Waals surface area contributed by atoms with E-state index in [0.717, 1.165) is 36.2 Å². The van der Waals surface area contributed by atoms with Crippen molar-refractivity contribution >= 4 is 37.3 Å². The van der Waals surface area contributed by atoms with Crippen LogP contribution in [-0.4, -0.2) is 59.5 Å². The number of benzene rings is 2. The standard InChI is InChI=1S/C24H33N3O6S2/c1-4-23(33-21-13-11-20(12-14-21)26(2)34(3,29)30)24(28)25-19-9-15-22(16-10-19)35(31,32)27-17-7-5-6-8-18-27/h9-16,23H,4-8,17-18H2,1-3H3,(H,25,28)/t23-/m1/s1. The Bertz CT molecular complexity index is 1200. The van der Waals surface area contributed by atoms with Crippen molar-refractivity contribution in [3.05, 3.63) is 48.5 Å². The Morgan fingerprint density at radius 2 is 1.54 bits per heavy atom. The number of carbonyl (C=O) groups is 1. The highest BCUT2D eigenvalue weighted by Crippen LogP contribution is 2.24. The van der Waals surface area contributed by atoms with Gasteiger partial charge in [0, 0.05) is 25.8 Å². The van der Waals surface area contributed by atoms with E-state index in [0.29, 0.717) is 36.6 Å². The van der Waals surface area contributed by atoms with Crippen molar-refractivity contribution in [3.63, 3.8) is 0 Å². The molecular weight excluding hydrogens is 490 g/mol. The number of anilines is 2. The molecule has 0 bridgehead atoms. The molecule has 0 saturated carbocycles. The molecule has 192 valence electrons. The molecule has 1 aliphatic heterocycles. The molecule has 2 aromatic carbocycles. The normalized spacial score (nSPS) is 16.2. The Morgan fingerprint density at radius 3 is 2.06 bits per heavy atom. The number of carbonyl (C=O) groups excluding carboxylic acids is 1. The molecule has 1 aliphatic rings. The third kappa shape index (κ3) is 6.96. The van der Waals surface area contributed by atoms with Gasteiger partial charge >= 0.3 is 0 Å². The summed E-state index contributed by atoms with van der Waals surface area (Å²) in [5.74, 6) is 0.0597. The Labute approximate surface area is 208 Å². The van der Waals surface area contributed by atoms with Crippen LogP contribution in [0.1, 0.15) is 39.0 Å². The third-order valence-electron chi connectivity index (χ3n) is 5.96. The molecule has 0 aromatic heterocycles. The van der Waals surface area contributed by atoms with Gasteiger partial charge in [0.2, 0.25) is 20.0 Å². The molecule has 0 unspecified atom stereocenters. The molecule has 1 heterocycles. The van der Waals surface area contributed by atoms with Crippen LogP contribution in [0.25, 0.3) is 0 Å². The van der Waals surface area contributed by atoms with E-state index in [-0.39, 0.29) is 10.8 Å². The van der Waals surface area contributed by atoms with E-state index in [1.165, 1.54) is 23.5 Å². The first-order chi connectivity index (χ1) is 16.5. The van der Waals surface area contributed by atoms with Gasteiger partial charge in [-0.2, -0.15) is 4.31 Å². The van der Waals surface area contributed by atoms with Crippen LogP contribution in [0, 0.1) is 0 Å². The lowest BCUT2D eigenvalue weighted by Crippen LogP contribution is -2.33. The summed E-state index contributed by atoms with van der Waals surface area (Å²) in [7, 11) is -5.48. The lowest BCUT2D eigenvalue weighted by atomic mass is 10.2. The molecule has 0 spiro atoms. The molecule has 0 radical (unpaired) electrons. The van der Waals surface area contributed by atoms with E-state index in [2.05, 4.69) is 5.32 Å². The second-order valence-electron chi connectivity index (χ2n) is 8.57. The van der Waals surface area contributed by atoms with Gasteiger partial charge in [0.15, 0.2) is 6.10 Å². The summed E-state index contributed by atoms with van der Waals surface area (Å²) in [5, 5.41) is 2.77. The minimum Gasteiger partial charge on any atom is -0.481 e. The number of hydrogen-bond acceptors (Lipinski definition) is 6. The minimum absolute atomic E-state index is 0.208. The van der Waals surface area contributed by atoms with Crippen molar-refractivity contribution in [3.8, 4) is 5.75 Å². The molecule has 3 rings (SSSR count). The highest BCUT2D eigenvalue weighted by molar-refractivity contribution is 7.92. The smallest absolute Gasteiger partial charge is 0.265 e. The first-order valence-corrected chi connectivity index (χ1v) is 14.9. The molecule has 1 fully saturated rings. The number of nitrogens with one attached hydrogen (secondary N) is 1. The number of hydrogen-bond donors (Lipinski definition) is 1. The molecular formula is C24H33N3O6S2. The summed E-state index contributed by atoms with van der Waals surface area (Å²) in [5.41, 5.74) is 0.949. The summed E-state index contributed by atoms with van der Waals surface area (Å²) in [6, 6.07) is 12.6. The zero-order valence-corrected chi connectivity index (χ0v) is 21.9. The lowest BCUT2D eigenvalue weighted by Gasteiger charge is -2.20. The molecule has 11 heteroatoms. The summed E-state index contributed by atoms with van der Waals surface area (Å²) in [4.78, 5) is 13.0. The van der Waals surface area contributed by atoms with E-state index in [4.69, 9.17) is 4.74 Å². The predicted molar refractivity (Wildman–Crippen MR) is 137 cm³/mol. The predicted octanol–water partition coefficient (Wildman–Crippen LogP) is 3.44. The van der Waals surface area contributed by atoms with Gasteiger partial charge in [-0.25, -0.2) is 16.8 Å². The van der Waals surface area contributed by atoms with Gasteiger partial charge in [0.25, 0.3) is 5.91 Å². The fourth-order valence-electron chi connectivity index (χ4n) is 3.78. The van der Waals surface area contributed by atoms with Crippen LogP contribution in [0.4, 0.5) is 11.4 Å². The van der Waals surface area contributed by atoms with E-state index >= 15 is 0 Å². The average molecular weight is 524 g/mol. The molecule has 1 N–H and O–H groups in total. The van der Waals surface area contributed by atoms with Crippen molar-refractivity contribution in [1.29, 1.82) is 0 Å². The van der Waals surface area contributed by atoms with Gasteiger partial charge in [-0.3, -0.25) is 9.10 Å². The molecule has 1 saturated heterocycles. The van der Waals surface area contributed by atoms with Crippen LogP contribution in [0.5, 0.6) is 5.75 Å². The van der Waals surface area contributed by atoms with E-state index in [1.807, 2.05) is 6.92 Å². The number of nitrogens with zero attached hydrogens (tertiary/aromatic N) is 2. The molecule has 1 atom stereocenters. The Kier molecular flexibility index (Phi) is 8.79. The van der Waals surface area contributed by atoms with E-state index in [9.17, 15) is 21.6 Å². The van der Waals surface area contributed by atoms with Crippen LogP contribution in [0.2, 0.25) is 0 Å². The van der Waals surface area contributed by atoms with Gasteiger partial charge in [0.05, 0.1) is 16.8 Å². The van der Waals surface area contributed by atoms with Gasteiger partial charge in [0.1, 0.15) is 5.75 Å². The average Bonchev–Trinajstić information content (AvgIpc) is 3.12. The first kappa shape index (κ1) is 27.0. The third-order valence-corrected chi connectivity index (χ3v) is 9.08. The number of amides is 1. The maximum atomic E-state index is 12.9. The second-order valence-corrected chi connectivity index (χ2v) is 12.5. The SMILES string of the molecule is CC[C@@H](Oc1ccc(N(C)S(C)(=O)=O)cc1)C(=O)Nc1ccc(S(=O)(=O)N2CCCCCC2)cc1. The zero-order chi connectivity index (χ0) is 25.6. The first-order valence-electron chi connectivity index (χ1n) is 11.6. The van der Waals surface area contributed by atoms with Crippen molar-refractivity contribution in [1.82, 2.24) is 4.31 Å². The lowest BCUT2D eigenvalue weighted by molar-refractivity contribution is -0.122. The van der Waals surface area contributed by atoms with E-state index in [1.54, 1.807) is 36.4 Å². The number of sulfonamides is 2. The van der Waals surface area contributed by atoms with Crippen LogP contribution < -0.4 is 14.4 Å². The highest BCUT2D eigenvalue weighted by Gasteiger charge is 2.25. The molecule has 35 heavy (non-hydrogen) atoms. The number of ether oxygens (including phenoxy) is 1. The maximum Gasteiger partial charge on any atom is 0.265 e. The molecule has 0 aliphatic carbocycles. The summed E-state index contributed by atoms with van der Waals surface area (Å²) >= 11 is 0. The van der Waals surface area contributed by atoms with Crippen LogP contribution in [0.3, 0.4) is 0 Å². The molecule has 2 aromatic rings. The van der Waals surface area contributed by atoms with Gasteiger partial charge in [-0.1, -0.05) is 19.8 Å². The van der Waals surface area contributed by atoms with Gasteiger partial charge in [-0.05, 0) is 67.8 Å². The summed E-state index contributed by atoms with van der Waals surface area (Å²) in [6.07, 6.45) is 4.54. The monoisotopic (exact) mass is 523 g/mol. The van der Waals surface area contributed by atoms with Gasteiger partial charge < -0.3 is 10.1 Å². The molecule has 1 amide bonds. The van der Waals surface area contributed by atoms with Crippen molar-refractivity contribution in [2.75, 3.05) is 36.0 Å². The van der Waals surface area contributed by atoms with Crippen LogP contribution >= 0.6 is 0 Å². The van der Waals surface area contributed by atoms with Crippen LogP contribution in [-0.2, 0) is 24.8 Å². The number of rotatable bonds is 9. The van der Waals surface area contributed by atoms with Gasteiger partial charge in [-0.15, -0.1) is 0 Å². The fourth-order valence-corrected chi connectivity index (χ4v) is 5.80. The van der Waals surface area contributed by atoms with Crippen molar-refractivity contribution in [2.45, 2.75) is 50.0 Å². The maximum absolute atomic E-state index is 12.9. The van der Waals surface area contributed by atoms with Crippen molar-refractivity contribution in [2.24, 2.45) is 0 Å². The Balaban J connectivity index is 1.64.